The number of ether oxygens (including phenoxy) is 1. The van der Waals surface area contributed by atoms with Crippen LogP contribution < -0.4 is 20.7 Å². The molecule has 2 aromatic carbocycles. The number of carbonyl (C=O) groups excluding carboxylic acids is 2. The average Bonchev–Trinajstić information content (AvgIpc) is 3.26. The van der Waals surface area contributed by atoms with Crippen molar-refractivity contribution in [2.45, 2.75) is 31.8 Å². The molecule has 0 aromatic heterocycles. The molecule has 1 saturated heterocycles. The molecular formula is C21H23N3O3. The van der Waals surface area contributed by atoms with Gasteiger partial charge in [0.25, 0.3) is 5.91 Å². The van der Waals surface area contributed by atoms with Crippen molar-refractivity contribution in [2.75, 3.05) is 11.9 Å². The van der Waals surface area contributed by atoms with Gasteiger partial charge in [0.1, 0.15) is 11.5 Å². The van der Waals surface area contributed by atoms with Crippen molar-refractivity contribution in [3.05, 3.63) is 54.1 Å². The minimum Gasteiger partial charge on any atom is -0.457 e. The van der Waals surface area contributed by atoms with E-state index >= 15 is 0 Å². The van der Waals surface area contributed by atoms with E-state index in [9.17, 15) is 9.59 Å². The second kappa shape index (κ2) is 7.40. The van der Waals surface area contributed by atoms with Crippen molar-refractivity contribution in [1.29, 1.82) is 0 Å². The molecule has 1 aliphatic heterocycles. The highest BCUT2D eigenvalue weighted by molar-refractivity contribution is 5.94. The number of amides is 2. The predicted octanol–water partition coefficient (Wildman–Crippen LogP) is 2.92. The molecule has 27 heavy (non-hydrogen) atoms. The number of hydrogen-bond donors (Lipinski definition) is 3. The Bertz CT molecular complexity index is 833. The molecule has 3 atom stereocenters. The van der Waals surface area contributed by atoms with Crippen molar-refractivity contribution in [3.63, 3.8) is 0 Å². The minimum atomic E-state index is -0.112. The summed E-state index contributed by atoms with van der Waals surface area (Å²) < 4.78 is 5.79. The molecule has 1 heterocycles. The van der Waals surface area contributed by atoms with E-state index in [1.54, 1.807) is 48.5 Å². The lowest BCUT2D eigenvalue weighted by Gasteiger charge is -2.24. The topological polar surface area (TPSA) is 79.5 Å². The summed E-state index contributed by atoms with van der Waals surface area (Å²) in [6.07, 6.45) is 2.23. The lowest BCUT2D eigenvalue weighted by molar-refractivity contribution is -0.114. The molecule has 0 spiro atoms. The molecule has 0 radical (unpaired) electrons. The summed E-state index contributed by atoms with van der Waals surface area (Å²) in [6, 6.07) is 14.9. The SMILES string of the molecule is CC(=O)Nc1ccc(Oc2ccc(C(=O)NC3CC4CNC3C4)cc2)cc1. The highest BCUT2D eigenvalue weighted by Gasteiger charge is 2.39. The normalized spacial score (nSPS) is 23.1. The van der Waals surface area contributed by atoms with Gasteiger partial charge in [-0.2, -0.15) is 0 Å². The first-order valence-electron chi connectivity index (χ1n) is 9.26. The van der Waals surface area contributed by atoms with Crippen LogP contribution in [0.15, 0.2) is 48.5 Å². The number of rotatable bonds is 5. The van der Waals surface area contributed by atoms with E-state index in [0.717, 1.165) is 18.7 Å². The van der Waals surface area contributed by atoms with Crippen LogP contribution in [0.5, 0.6) is 11.5 Å². The maximum absolute atomic E-state index is 12.5. The van der Waals surface area contributed by atoms with E-state index in [1.165, 1.54) is 13.3 Å². The monoisotopic (exact) mass is 365 g/mol. The molecule has 3 N–H and O–H groups in total. The Morgan fingerprint density at radius 3 is 2.22 bits per heavy atom. The lowest BCUT2D eigenvalue weighted by atomic mass is 10.1. The van der Waals surface area contributed by atoms with Crippen LogP contribution in [-0.2, 0) is 4.79 Å². The van der Waals surface area contributed by atoms with Crippen LogP contribution in [0.3, 0.4) is 0 Å². The van der Waals surface area contributed by atoms with Crippen molar-refractivity contribution in [3.8, 4) is 11.5 Å². The third-order valence-corrected chi connectivity index (χ3v) is 5.17. The van der Waals surface area contributed by atoms with Crippen LogP contribution in [-0.4, -0.2) is 30.4 Å². The Kier molecular flexibility index (Phi) is 4.81. The molecule has 1 aliphatic carbocycles. The van der Waals surface area contributed by atoms with Crippen LogP contribution in [0.2, 0.25) is 0 Å². The van der Waals surface area contributed by atoms with Crippen LogP contribution in [0, 0.1) is 5.92 Å². The zero-order valence-corrected chi connectivity index (χ0v) is 15.2. The van der Waals surface area contributed by atoms with Gasteiger partial charge in [-0.3, -0.25) is 9.59 Å². The standard InChI is InChI=1S/C21H23N3O3/c1-13(25)23-16-4-8-18(9-5-16)27-17-6-2-15(3-7-17)21(26)24-20-11-14-10-19(20)22-12-14/h2-9,14,19-20,22H,10-12H2,1H3,(H,23,25)(H,24,26). The Labute approximate surface area is 158 Å². The quantitative estimate of drug-likeness (QED) is 0.761. The summed E-state index contributed by atoms with van der Waals surface area (Å²) in [7, 11) is 0. The Morgan fingerprint density at radius 1 is 1.00 bits per heavy atom. The van der Waals surface area contributed by atoms with Crippen LogP contribution in [0.4, 0.5) is 5.69 Å². The molecule has 2 aromatic rings. The number of carbonyl (C=O) groups is 2. The summed E-state index contributed by atoms with van der Waals surface area (Å²) in [5.74, 6) is 1.86. The number of hydrogen-bond acceptors (Lipinski definition) is 4. The van der Waals surface area contributed by atoms with E-state index in [1.807, 2.05) is 0 Å². The number of benzene rings is 2. The van der Waals surface area contributed by atoms with Crippen LogP contribution >= 0.6 is 0 Å². The van der Waals surface area contributed by atoms with Gasteiger partial charge in [0.05, 0.1) is 0 Å². The van der Waals surface area contributed by atoms with E-state index < -0.39 is 0 Å². The number of anilines is 1. The molecule has 2 fully saturated rings. The maximum Gasteiger partial charge on any atom is 0.251 e. The summed E-state index contributed by atoms with van der Waals surface area (Å²) in [5.41, 5.74) is 1.35. The molecule has 2 aliphatic rings. The summed E-state index contributed by atoms with van der Waals surface area (Å²) >= 11 is 0. The molecule has 6 heteroatoms. The second-order valence-electron chi connectivity index (χ2n) is 7.26. The molecule has 140 valence electrons. The first-order chi connectivity index (χ1) is 13.1. The fourth-order valence-corrected chi connectivity index (χ4v) is 3.88. The third-order valence-electron chi connectivity index (χ3n) is 5.17. The van der Waals surface area contributed by atoms with Gasteiger partial charge >= 0.3 is 0 Å². The smallest absolute Gasteiger partial charge is 0.251 e. The number of fused-ring (bicyclic) bond motifs is 2. The third kappa shape index (κ3) is 4.11. The van der Waals surface area contributed by atoms with Crippen LogP contribution in [0.25, 0.3) is 0 Å². The first-order valence-corrected chi connectivity index (χ1v) is 9.26. The highest BCUT2D eigenvalue weighted by atomic mass is 16.5. The molecule has 2 bridgehead atoms. The first kappa shape index (κ1) is 17.5. The van der Waals surface area contributed by atoms with Gasteiger partial charge in [0, 0.05) is 30.3 Å². The lowest BCUT2D eigenvalue weighted by Crippen LogP contribution is -2.47. The molecule has 1 saturated carbocycles. The molecule has 3 unspecified atom stereocenters. The van der Waals surface area contributed by atoms with Gasteiger partial charge in [-0.05, 0) is 73.8 Å². The Balaban J connectivity index is 1.34. The molecule has 2 amide bonds. The second-order valence-corrected chi connectivity index (χ2v) is 7.26. The van der Waals surface area contributed by atoms with Crippen molar-refractivity contribution >= 4 is 17.5 Å². The largest absolute Gasteiger partial charge is 0.457 e. The zero-order valence-electron chi connectivity index (χ0n) is 15.2. The van der Waals surface area contributed by atoms with E-state index in [-0.39, 0.29) is 17.9 Å². The predicted molar refractivity (Wildman–Crippen MR) is 103 cm³/mol. The Morgan fingerprint density at radius 2 is 1.67 bits per heavy atom. The number of piperidine rings is 1. The van der Waals surface area contributed by atoms with E-state index in [4.69, 9.17) is 4.74 Å². The molecule has 4 rings (SSSR count). The summed E-state index contributed by atoms with van der Waals surface area (Å²) in [6.45, 7) is 2.55. The van der Waals surface area contributed by atoms with E-state index in [0.29, 0.717) is 29.0 Å². The van der Waals surface area contributed by atoms with Crippen LogP contribution in [0.1, 0.15) is 30.1 Å². The zero-order chi connectivity index (χ0) is 18.8. The fraction of sp³-hybridized carbons (Fsp3) is 0.333. The van der Waals surface area contributed by atoms with Gasteiger partial charge in [0.15, 0.2) is 0 Å². The Hall–Kier alpha value is -2.86. The van der Waals surface area contributed by atoms with Gasteiger partial charge in [0.2, 0.25) is 5.91 Å². The molecule has 6 nitrogen and oxygen atoms in total. The van der Waals surface area contributed by atoms with Gasteiger partial charge in [-0.1, -0.05) is 0 Å². The summed E-state index contributed by atoms with van der Waals surface area (Å²) in [4.78, 5) is 23.5. The summed E-state index contributed by atoms with van der Waals surface area (Å²) in [5, 5.41) is 9.31. The fourth-order valence-electron chi connectivity index (χ4n) is 3.88. The minimum absolute atomic E-state index is 0.0411. The van der Waals surface area contributed by atoms with Gasteiger partial charge < -0.3 is 20.7 Å². The van der Waals surface area contributed by atoms with Crippen molar-refractivity contribution in [1.82, 2.24) is 10.6 Å². The van der Waals surface area contributed by atoms with Gasteiger partial charge in [-0.25, -0.2) is 0 Å². The van der Waals surface area contributed by atoms with Crippen molar-refractivity contribution < 1.29 is 14.3 Å². The van der Waals surface area contributed by atoms with Crippen molar-refractivity contribution in [2.24, 2.45) is 5.92 Å². The average molecular weight is 365 g/mol. The highest BCUT2D eigenvalue weighted by Crippen LogP contribution is 2.31. The maximum atomic E-state index is 12.5. The van der Waals surface area contributed by atoms with E-state index in [2.05, 4.69) is 16.0 Å². The molecular weight excluding hydrogens is 342 g/mol. The number of nitrogens with one attached hydrogen (secondary N) is 3. The van der Waals surface area contributed by atoms with Gasteiger partial charge in [-0.15, -0.1) is 0 Å².